The number of rotatable bonds is 61. The summed E-state index contributed by atoms with van der Waals surface area (Å²) < 4.78 is 5.48. The van der Waals surface area contributed by atoms with E-state index < -0.39 is 12.1 Å². The predicted molar refractivity (Wildman–Crippen MR) is 315 cm³/mol. The summed E-state index contributed by atoms with van der Waals surface area (Å²) in [5, 5.41) is 23.3. The van der Waals surface area contributed by atoms with Crippen molar-refractivity contribution in [3.63, 3.8) is 0 Å². The van der Waals surface area contributed by atoms with Crippen molar-refractivity contribution in [3.05, 3.63) is 24.3 Å². The Labute approximate surface area is 450 Å². The summed E-state index contributed by atoms with van der Waals surface area (Å²) in [5.74, 6) is -0.0576. The van der Waals surface area contributed by atoms with E-state index in [4.69, 9.17) is 4.74 Å². The number of unbranched alkanes of at least 4 members (excludes halogenated alkanes) is 46. The zero-order chi connectivity index (χ0) is 52.2. The minimum absolute atomic E-state index is 0.00985. The molecule has 6 nitrogen and oxygen atoms in total. The molecule has 0 fully saturated rings. The van der Waals surface area contributed by atoms with E-state index in [-0.39, 0.29) is 18.5 Å². The lowest BCUT2D eigenvalue weighted by molar-refractivity contribution is -0.143. The molecule has 2 unspecified atom stereocenters. The Morgan fingerprint density at radius 3 is 1.06 bits per heavy atom. The number of ether oxygens (including phenoxy) is 1. The van der Waals surface area contributed by atoms with Gasteiger partial charge in [0.25, 0.3) is 0 Å². The lowest BCUT2D eigenvalue weighted by Crippen LogP contribution is -2.45. The van der Waals surface area contributed by atoms with E-state index >= 15 is 0 Å². The maximum absolute atomic E-state index is 12.5. The molecule has 0 spiro atoms. The second-order valence-corrected chi connectivity index (χ2v) is 22.5. The van der Waals surface area contributed by atoms with Gasteiger partial charge in [-0.15, -0.1) is 0 Å². The molecule has 72 heavy (non-hydrogen) atoms. The maximum Gasteiger partial charge on any atom is 0.305 e. The molecular formula is C66H127NO5. The zero-order valence-electron chi connectivity index (χ0n) is 48.7. The summed E-state index contributed by atoms with van der Waals surface area (Å²) in [6, 6.07) is -0.554. The van der Waals surface area contributed by atoms with Gasteiger partial charge >= 0.3 is 5.97 Å². The van der Waals surface area contributed by atoms with Crippen molar-refractivity contribution in [1.29, 1.82) is 0 Å². The van der Waals surface area contributed by atoms with Gasteiger partial charge in [0.05, 0.1) is 25.4 Å². The van der Waals surface area contributed by atoms with Gasteiger partial charge in [-0.1, -0.05) is 308 Å². The standard InChI is InChI=1S/C66H127NO5/c1-3-5-7-9-11-13-15-17-19-21-23-26-30-34-38-42-46-50-54-58-64(69)63(62-68)67-65(70)59-55-51-47-43-39-35-31-27-25-29-33-37-41-45-49-53-57-61-72-66(71)60-56-52-48-44-40-36-32-28-24-22-20-18-16-14-12-10-8-6-4-2/h25,29,37,41,63-64,68-69H,3-24,26-28,30-36,38-40,42-62H2,1-2H3,(H,67,70)/b29-25-,41-37-. The van der Waals surface area contributed by atoms with E-state index in [0.717, 1.165) is 83.5 Å². The first kappa shape index (κ1) is 70.3. The first-order valence-electron chi connectivity index (χ1n) is 32.6. The van der Waals surface area contributed by atoms with Crippen molar-refractivity contribution in [2.75, 3.05) is 13.2 Å². The highest BCUT2D eigenvalue weighted by Gasteiger charge is 2.20. The normalized spacial score (nSPS) is 12.7. The van der Waals surface area contributed by atoms with Gasteiger partial charge in [0.1, 0.15) is 0 Å². The van der Waals surface area contributed by atoms with Gasteiger partial charge in [-0.25, -0.2) is 0 Å². The molecule has 0 aromatic carbocycles. The number of esters is 1. The van der Waals surface area contributed by atoms with Crippen LogP contribution in [0.3, 0.4) is 0 Å². The molecule has 0 aromatic heterocycles. The Morgan fingerprint density at radius 1 is 0.389 bits per heavy atom. The number of hydrogen-bond acceptors (Lipinski definition) is 5. The quantitative estimate of drug-likeness (QED) is 0.0320. The van der Waals surface area contributed by atoms with Gasteiger partial charge < -0.3 is 20.3 Å². The van der Waals surface area contributed by atoms with E-state index in [9.17, 15) is 19.8 Å². The third kappa shape index (κ3) is 57.6. The number of carbonyl (C=O) groups excluding carboxylic acids is 2. The molecule has 0 saturated carbocycles. The second-order valence-electron chi connectivity index (χ2n) is 22.5. The van der Waals surface area contributed by atoms with Crippen LogP contribution in [-0.4, -0.2) is 47.4 Å². The van der Waals surface area contributed by atoms with Crippen molar-refractivity contribution < 1.29 is 24.5 Å². The average Bonchev–Trinajstić information content (AvgIpc) is 3.38. The molecule has 0 rings (SSSR count). The molecule has 0 aromatic rings. The van der Waals surface area contributed by atoms with E-state index in [1.54, 1.807) is 0 Å². The Morgan fingerprint density at radius 2 is 0.694 bits per heavy atom. The number of aliphatic hydroxyl groups is 2. The summed E-state index contributed by atoms with van der Waals surface area (Å²) in [6.45, 7) is 4.94. The van der Waals surface area contributed by atoms with Gasteiger partial charge in [0.15, 0.2) is 0 Å². The molecule has 1 amide bonds. The average molecular weight is 1010 g/mol. The molecule has 0 saturated heterocycles. The minimum atomic E-state index is -0.675. The van der Waals surface area contributed by atoms with Crippen LogP contribution in [0.15, 0.2) is 24.3 Å². The SMILES string of the molecule is CCCCCCCCCCCCCCCCCCCCCC(=O)OCCCCC/C=C\C/C=C\CCCCCCCCCC(=O)NC(CO)C(O)CCCCCCCCCCCCCCCCCCCCC. The van der Waals surface area contributed by atoms with Gasteiger partial charge in [-0.05, 0) is 64.2 Å². The van der Waals surface area contributed by atoms with Crippen LogP contribution in [0.4, 0.5) is 0 Å². The monoisotopic (exact) mass is 1010 g/mol. The zero-order valence-corrected chi connectivity index (χ0v) is 48.7. The molecule has 6 heteroatoms. The van der Waals surface area contributed by atoms with Gasteiger partial charge in [-0.2, -0.15) is 0 Å². The fourth-order valence-electron chi connectivity index (χ4n) is 10.3. The molecule has 0 radical (unpaired) electrons. The Balaban J connectivity index is 3.46. The summed E-state index contributed by atoms with van der Waals surface area (Å²) >= 11 is 0. The Hall–Kier alpha value is -1.66. The van der Waals surface area contributed by atoms with Crippen LogP contribution in [0.2, 0.25) is 0 Å². The van der Waals surface area contributed by atoms with Crippen LogP contribution >= 0.6 is 0 Å². The first-order valence-corrected chi connectivity index (χ1v) is 32.6. The van der Waals surface area contributed by atoms with Crippen molar-refractivity contribution in [3.8, 4) is 0 Å². The fraction of sp³-hybridized carbons (Fsp3) is 0.909. The van der Waals surface area contributed by atoms with Crippen LogP contribution in [0, 0.1) is 0 Å². The fourth-order valence-corrected chi connectivity index (χ4v) is 10.3. The largest absolute Gasteiger partial charge is 0.466 e. The van der Waals surface area contributed by atoms with E-state index in [2.05, 4.69) is 43.5 Å². The van der Waals surface area contributed by atoms with Crippen LogP contribution < -0.4 is 5.32 Å². The van der Waals surface area contributed by atoms with Crippen LogP contribution in [0.25, 0.3) is 0 Å². The number of allylic oxidation sites excluding steroid dienone is 4. The molecule has 2 atom stereocenters. The highest BCUT2D eigenvalue weighted by molar-refractivity contribution is 5.76. The van der Waals surface area contributed by atoms with Crippen molar-refractivity contribution >= 4 is 11.9 Å². The molecule has 0 aliphatic carbocycles. The van der Waals surface area contributed by atoms with E-state index in [0.29, 0.717) is 25.9 Å². The number of carbonyl (C=O) groups is 2. The summed E-state index contributed by atoms with van der Waals surface area (Å²) in [6.07, 6.45) is 76.2. The summed E-state index contributed by atoms with van der Waals surface area (Å²) in [7, 11) is 0. The topological polar surface area (TPSA) is 95.9 Å². The van der Waals surface area contributed by atoms with Crippen molar-refractivity contribution in [2.45, 2.75) is 373 Å². The van der Waals surface area contributed by atoms with Gasteiger partial charge in [0.2, 0.25) is 5.91 Å². The first-order chi connectivity index (χ1) is 35.5. The van der Waals surface area contributed by atoms with Crippen molar-refractivity contribution in [1.82, 2.24) is 5.32 Å². The van der Waals surface area contributed by atoms with Gasteiger partial charge in [0, 0.05) is 12.8 Å². The number of hydrogen-bond donors (Lipinski definition) is 3. The molecular weight excluding hydrogens is 887 g/mol. The summed E-state index contributed by atoms with van der Waals surface area (Å²) in [4.78, 5) is 24.6. The van der Waals surface area contributed by atoms with E-state index in [1.807, 2.05) is 0 Å². The molecule has 0 aliphatic heterocycles. The minimum Gasteiger partial charge on any atom is -0.466 e. The van der Waals surface area contributed by atoms with Gasteiger partial charge in [-0.3, -0.25) is 9.59 Å². The Bertz CT molecular complexity index is 1120. The highest BCUT2D eigenvalue weighted by Crippen LogP contribution is 2.18. The number of amides is 1. The number of nitrogens with one attached hydrogen (secondary N) is 1. The van der Waals surface area contributed by atoms with Crippen molar-refractivity contribution in [2.24, 2.45) is 0 Å². The lowest BCUT2D eigenvalue weighted by Gasteiger charge is -2.22. The molecule has 0 bridgehead atoms. The lowest BCUT2D eigenvalue weighted by atomic mass is 10.0. The molecule has 0 aliphatic rings. The van der Waals surface area contributed by atoms with Crippen LogP contribution in [0.1, 0.15) is 361 Å². The maximum atomic E-state index is 12.5. The van der Waals surface area contributed by atoms with Crippen LogP contribution in [0.5, 0.6) is 0 Å². The molecule has 426 valence electrons. The second kappa shape index (κ2) is 61.9. The molecule has 0 heterocycles. The van der Waals surface area contributed by atoms with Crippen LogP contribution in [-0.2, 0) is 14.3 Å². The number of aliphatic hydroxyl groups excluding tert-OH is 2. The smallest absolute Gasteiger partial charge is 0.305 e. The van der Waals surface area contributed by atoms with E-state index in [1.165, 1.54) is 244 Å². The third-order valence-corrected chi connectivity index (χ3v) is 15.3. The third-order valence-electron chi connectivity index (χ3n) is 15.3. The highest BCUT2D eigenvalue weighted by atomic mass is 16.5. The molecule has 3 N–H and O–H groups in total. The predicted octanol–water partition coefficient (Wildman–Crippen LogP) is 20.6. The summed E-state index contributed by atoms with van der Waals surface area (Å²) in [5.41, 5.74) is 0. The Kier molecular flexibility index (Phi) is 60.5.